The Morgan fingerprint density at radius 1 is 1.26 bits per heavy atom. The van der Waals surface area contributed by atoms with E-state index in [0.29, 0.717) is 11.6 Å². The molecule has 1 aromatic heterocycles. The van der Waals surface area contributed by atoms with E-state index in [2.05, 4.69) is 10.4 Å². The minimum Gasteiger partial charge on any atom is -0.312 e. The lowest BCUT2D eigenvalue weighted by Gasteiger charge is -2.18. The minimum absolute atomic E-state index is 0.0883. The van der Waals surface area contributed by atoms with Gasteiger partial charge < -0.3 is 9.05 Å². The zero-order chi connectivity index (χ0) is 16.6. The molecule has 0 bridgehead atoms. The average Bonchev–Trinajstić information content (AvgIpc) is 3.35. The Morgan fingerprint density at radius 2 is 1.96 bits per heavy atom. The lowest BCUT2D eigenvalue weighted by atomic mass is 10.0. The van der Waals surface area contributed by atoms with E-state index < -0.39 is 7.60 Å². The quantitative estimate of drug-likeness (QED) is 0.747. The van der Waals surface area contributed by atoms with Gasteiger partial charge in [0.05, 0.1) is 11.8 Å². The van der Waals surface area contributed by atoms with Crippen LogP contribution in [0.15, 0.2) is 23.0 Å². The summed E-state index contributed by atoms with van der Waals surface area (Å²) >= 11 is 0. The van der Waals surface area contributed by atoms with E-state index in [1.807, 2.05) is 12.1 Å². The summed E-state index contributed by atoms with van der Waals surface area (Å²) in [7, 11) is 0.984. The maximum Gasteiger partial charge on any atom is 0.368 e. The van der Waals surface area contributed by atoms with E-state index in [-0.39, 0.29) is 11.9 Å². The number of nitrogens with zero attached hydrogens (tertiary/aromatic N) is 4. The van der Waals surface area contributed by atoms with Crippen LogP contribution in [-0.2, 0) is 26.8 Å². The molecule has 1 saturated carbocycles. The molecule has 0 amide bonds. The Kier molecular flexibility index (Phi) is 4.23. The number of aromatic nitrogens is 4. The molecule has 1 aliphatic carbocycles. The average molecular weight is 338 g/mol. The van der Waals surface area contributed by atoms with Gasteiger partial charge in [-0.15, -0.1) is 0 Å². The molecule has 1 aromatic carbocycles. The van der Waals surface area contributed by atoms with Crippen molar-refractivity contribution in [1.29, 1.82) is 0 Å². The number of hydrogen-bond donors (Lipinski definition) is 0. The largest absolute Gasteiger partial charge is 0.368 e. The van der Waals surface area contributed by atoms with E-state index in [0.717, 1.165) is 28.7 Å². The van der Waals surface area contributed by atoms with Crippen LogP contribution in [0.25, 0.3) is 5.69 Å². The maximum atomic E-state index is 12.6. The summed E-state index contributed by atoms with van der Waals surface area (Å²) in [5.74, 6) is 0.416. The molecule has 1 aliphatic rings. The molecule has 0 atom stereocenters. The second-order valence-corrected chi connectivity index (χ2v) is 7.82. The third-order valence-corrected chi connectivity index (χ3v) is 5.88. The van der Waals surface area contributed by atoms with Gasteiger partial charge in [0, 0.05) is 21.3 Å². The van der Waals surface area contributed by atoms with Crippen molar-refractivity contribution < 1.29 is 13.6 Å². The minimum atomic E-state index is -3.27. The molecular formula is C14H19N4O4P. The molecule has 124 valence electrons. The van der Waals surface area contributed by atoms with E-state index in [9.17, 15) is 9.36 Å². The van der Waals surface area contributed by atoms with Crippen LogP contribution in [-0.4, -0.2) is 34.0 Å². The number of aryl methyl sites for hydroxylation is 1. The maximum absolute atomic E-state index is 12.6. The molecule has 1 heterocycles. The van der Waals surface area contributed by atoms with Crippen molar-refractivity contribution in [2.24, 2.45) is 7.05 Å². The van der Waals surface area contributed by atoms with Crippen LogP contribution >= 0.6 is 7.60 Å². The van der Waals surface area contributed by atoms with Gasteiger partial charge in [-0.3, -0.25) is 4.57 Å². The fourth-order valence-electron chi connectivity index (χ4n) is 2.60. The number of benzene rings is 1. The zero-order valence-corrected chi connectivity index (χ0v) is 14.2. The van der Waals surface area contributed by atoms with Crippen LogP contribution in [0.2, 0.25) is 0 Å². The first-order valence-electron chi connectivity index (χ1n) is 7.31. The van der Waals surface area contributed by atoms with Gasteiger partial charge in [-0.25, -0.2) is 4.79 Å². The Labute approximate surface area is 133 Å². The van der Waals surface area contributed by atoms with Crippen molar-refractivity contribution in [1.82, 2.24) is 19.8 Å². The molecule has 0 unspecified atom stereocenters. The van der Waals surface area contributed by atoms with Gasteiger partial charge in [0.2, 0.25) is 0 Å². The first-order valence-corrected chi connectivity index (χ1v) is 9.03. The lowest BCUT2D eigenvalue weighted by molar-refractivity contribution is 0.274. The Balaban J connectivity index is 2.16. The van der Waals surface area contributed by atoms with Crippen LogP contribution in [0.4, 0.5) is 0 Å². The number of rotatable bonds is 6. The van der Waals surface area contributed by atoms with Gasteiger partial charge in [-0.1, -0.05) is 12.1 Å². The van der Waals surface area contributed by atoms with Gasteiger partial charge >= 0.3 is 13.3 Å². The van der Waals surface area contributed by atoms with Crippen LogP contribution in [0, 0.1) is 0 Å². The normalized spacial score (nSPS) is 15.1. The summed E-state index contributed by atoms with van der Waals surface area (Å²) < 4.78 is 25.1. The van der Waals surface area contributed by atoms with Gasteiger partial charge in [0.1, 0.15) is 0 Å². The molecule has 23 heavy (non-hydrogen) atoms. The zero-order valence-electron chi connectivity index (χ0n) is 13.3. The summed E-state index contributed by atoms with van der Waals surface area (Å²) in [4.78, 5) is 12.2. The molecule has 0 saturated heterocycles. The smallest absolute Gasteiger partial charge is 0.312 e. The van der Waals surface area contributed by atoms with E-state index >= 15 is 0 Å². The number of tetrazole rings is 1. The van der Waals surface area contributed by atoms with Crippen molar-refractivity contribution in [3.8, 4) is 5.69 Å². The second-order valence-electron chi connectivity index (χ2n) is 5.55. The first-order chi connectivity index (χ1) is 11.0. The highest BCUT2D eigenvalue weighted by molar-refractivity contribution is 7.52. The van der Waals surface area contributed by atoms with Gasteiger partial charge in [-0.2, -0.15) is 9.36 Å². The Bertz CT molecular complexity index is 816. The van der Waals surface area contributed by atoms with Gasteiger partial charge in [-0.05, 0) is 46.4 Å². The van der Waals surface area contributed by atoms with Crippen LogP contribution in [0.3, 0.4) is 0 Å². The standard InChI is InChI=1S/C14H19N4O4P/c1-17-14(19)18(16-15-17)13-6-4-5-11(10-7-8-10)12(13)9-23(20,21-2)22-3/h4-6,10H,7-9H2,1-3H3. The van der Waals surface area contributed by atoms with Crippen LogP contribution < -0.4 is 5.69 Å². The summed E-state index contributed by atoms with van der Waals surface area (Å²) in [6, 6.07) is 5.64. The van der Waals surface area contributed by atoms with Gasteiger partial charge in [0.15, 0.2) is 0 Å². The van der Waals surface area contributed by atoms with Crippen molar-refractivity contribution >= 4 is 7.60 Å². The SMILES string of the molecule is COP(=O)(Cc1c(C2CC2)cccc1-n1nnn(C)c1=O)OC. The van der Waals surface area contributed by atoms with E-state index in [1.165, 1.54) is 25.9 Å². The van der Waals surface area contributed by atoms with Crippen LogP contribution in [0.5, 0.6) is 0 Å². The molecule has 0 radical (unpaired) electrons. The highest BCUT2D eigenvalue weighted by Gasteiger charge is 2.32. The predicted octanol–water partition coefficient (Wildman–Crippen LogP) is 1.83. The molecule has 1 fully saturated rings. The molecule has 0 spiro atoms. The summed E-state index contributed by atoms with van der Waals surface area (Å²) in [6.45, 7) is 0. The molecule has 8 nitrogen and oxygen atoms in total. The third-order valence-electron chi connectivity index (χ3n) is 4.06. The van der Waals surface area contributed by atoms with Crippen molar-refractivity contribution in [2.75, 3.05) is 14.2 Å². The van der Waals surface area contributed by atoms with Crippen molar-refractivity contribution in [3.05, 3.63) is 39.8 Å². The van der Waals surface area contributed by atoms with E-state index in [1.54, 1.807) is 6.07 Å². The van der Waals surface area contributed by atoms with Gasteiger partial charge in [0.25, 0.3) is 0 Å². The molecule has 9 heteroatoms. The van der Waals surface area contributed by atoms with Crippen molar-refractivity contribution in [2.45, 2.75) is 24.9 Å². The number of hydrogen-bond acceptors (Lipinski definition) is 6. The summed E-state index contributed by atoms with van der Waals surface area (Å²) in [5.41, 5.74) is 2.05. The molecular weight excluding hydrogens is 319 g/mol. The molecule has 0 aliphatic heterocycles. The summed E-state index contributed by atoms with van der Waals surface area (Å²) in [5, 5.41) is 7.64. The molecule has 0 N–H and O–H groups in total. The topological polar surface area (TPSA) is 88.2 Å². The molecule has 3 rings (SSSR count). The monoisotopic (exact) mass is 338 g/mol. The third kappa shape index (κ3) is 3.02. The fourth-order valence-corrected chi connectivity index (χ4v) is 3.74. The highest BCUT2D eigenvalue weighted by atomic mass is 31.2. The first kappa shape index (κ1) is 16.1. The molecule has 2 aromatic rings. The fraction of sp³-hybridized carbons (Fsp3) is 0.500. The summed E-state index contributed by atoms with van der Waals surface area (Å²) in [6.07, 6.45) is 2.25. The Hall–Kier alpha value is -1.76. The second kappa shape index (κ2) is 6.03. The van der Waals surface area contributed by atoms with Crippen LogP contribution in [0.1, 0.15) is 29.9 Å². The Morgan fingerprint density at radius 3 is 2.48 bits per heavy atom. The van der Waals surface area contributed by atoms with Crippen molar-refractivity contribution in [3.63, 3.8) is 0 Å². The predicted molar refractivity (Wildman–Crippen MR) is 83.9 cm³/mol. The van der Waals surface area contributed by atoms with E-state index in [4.69, 9.17) is 9.05 Å². The lowest BCUT2D eigenvalue weighted by Crippen LogP contribution is -2.23. The highest BCUT2D eigenvalue weighted by Crippen LogP contribution is 2.53.